The van der Waals surface area contributed by atoms with E-state index in [1.165, 1.54) is 6.07 Å². The molecule has 1 aromatic rings. The van der Waals surface area contributed by atoms with Crippen LogP contribution in [0.2, 0.25) is 0 Å². The van der Waals surface area contributed by atoms with E-state index in [0.717, 1.165) is 18.3 Å². The molecule has 0 aromatic heterocycles. The Bertz CT molecular complexity index is 417. The number of nitrogens with one attached hydrogen (secondary N) is 1. The molecular formula is C10H10BrF3N2. The summed E-state index contributed by atoms with van der Waals surface area (Å²) in [6.07, 6.45) is -4.33. The van der Waals surface area contributed by atoms with E-state index in [1.54, 1.807) is 0 Å². The third-order valence-electron chi connectivity index (χ3n) is 2.56. The number of halogens is 4. The summed E-state index contributed by atoms with van der Waals surface area (Å²) < 4.78 is 38.0. The van der Waals surface area contributed by atoms with Crippen LogP contribution in [0.15, 0.2) is 16.6 Å². The van der Waals surface area contributed by atoms with Crippen LogP contribution in [0.5, 0.6) is 0 Å². The Labute approximate surface area is 99.6 Å². The molecule has 2 nitrogen and oxygen atoms in total. The van der Waals surface area contributed by atoms with Gasteiger partial charge in [-0.15, -0.1) is 0 Å². The Morgan fingerprint density at radius 3 is 2.69 bits per heavy atom. The minimum atomic E-state index is -4.33. The quantitative estimate of drug-likeness (QED) is 0.790. The fourth-order valence-corrected chi connectivity index (χ4v) is 2.27. The smallest absolute Gasteiger partial charge is 0.382 e. The van der Waals surface area contributed by atoms with Crippen molar-refractivity contribution >= 4 is 27.3 Å². The van der Waals surface area contributed by atoms with Gasteiger partial charge in [0.2, 0.25) is 0 Å². The number of likely N-dealkylation sites (N-methyl/N-ethyl adjacent to an activating group) is 1. The van der Waals surface area contributed by atoms with Crippen molar-refractivity contribution in [1.29, 1.82) is 0 Å². The lowest BCUT2D eigenvalue weighted by atomic mass is 10.1. The van der Waals surface area contributed by atoms with E-state index in [0.29, 0.717) is 12.2 Å². The summed E-state index contributed by atoms with van der Waals surface area (Å²) in [5.74, 6) is 0. The number of rotatable bonds is 0. The minimum Gasteiger partial charge on any atom is -0.382 e. The third-order valence-corrected chi connectivity index (χ3v) is 3.22. The van der Waals surface area contributed by atoms with Gasteiger partial charge in [0, 0.05) is 24.6 Å². The summed E-state index contributed by atoms with van der Waals surface area (Å²) in [6.45, 7) is 1.44. The van der Waals surface area contributed by atoms with Crippen LogP contribution in [0.25, 0.3) is 0 Å². The number of hydrogen-bond donors (Lipinski definition) is 1. The maximum atomic E-state index is 12.6. The molecule has 1 N–H and O–H groups in total. The molecule has 88 valence electrons. The zero-order chi connectivity index (χ0) is 11.9. The molecule has 2 rings (SSSR count). The third kappa shape index (κ3) is 1.98. The lowest BCUT2D eigenvalue weighted by molar-refractivity contribution is -0.138. The first-order valence-corrected chi connectivity index (χ1v) is 5.54. The molecule has 1 heterocycles. The van der Waals surface area contributed by atoms with Crippen molar-refractivity contribution in [3.63, 3.8) is 0 Å². The molecule has 0 atom stereocenters. The predicted molar refractivity (Wildman–Crippen MR) is 60.9 cm³/mol. The van der Waals surface area contributed by atoms with E-state index >= 15 is 0 Å². The molecule has 0 amide bonds. The Morgan fingerprint density at radius 1 is 1.38 bits per heavy atom. The second-order valence-electron chi connectivity index (χ2n) is 3.70. The summed E-state index contributed by atoms with van der Waals surface area (Å²) in [4.78, 5) is 1.93. The van der Waals surface area contributed by atoms with Gasteiger partial charge in [-0.25, -0.2) is 0 Å². The van der Waals surface area contributed by atoms with Crippen LogP contribution >= 0.6 is 15.9 Å². The van der Waals surface area contributed by atoms with Crippen molar-refractivity contribution in [3.8, 4) is 0 Å². The second kappa shape index (κ2) is 3.84. The lowest BCUT2D eigenvalue weighted by Gasteiger charge is -2.29. The maximum absolute atomic E-state index is 12.6. The van der Waals surface area contributed by atoms with E-state index < -0.39 is 11.7 Å². The SMILES string of the molecule is CN1CCNc2cc(C(F)(F)F)c(Br)cc21. The summed E-state index contributed by atoms with van der Waals surface area (Å²) in [5, 5.41) is 2.97. The number of fused-ring (bicyclic) bond motifs is 1. The van der Waals surface area contributed by atoms with Crippen LogP contribution < -0.4 is 10.2 Å². The molecule has 0 bridgehead atoms. The van der Waals surface area contributed by atoms with E-state index in [-0.39, 0.29) is 4.47 Å². The molecule has 16 heavy (non-hydrogen) atoms. The van der Waals surface area contributed by atoms with Gasteiger partial charge in [0.25, 0.3) is 0 Å². The molecule has 0 spiro atoms. The second-order valence-corrected chi connectivity index (χ2v) is 4.55. The molecule has 6 heteroatoms. The highest BCUT2D eigenvalue weighted by atomic mass is 79.9. The lowest BCUT2D eigenvalue weighted by Crippen LogP contribution is -2.30. The zero-order valence-corrected chi connectivity index (χ0v) is 10.1. The van der Waals surface area contributed by atoms with Crippen molar-refractivity contribution in [2.45, 2.75) is 6.18 Å². The monoisotopic (exact) mass is 294 g/mol. The molecule has 0 saturated carbocycles. The fourth-order valence-electron chi connectivity index (χ4n) is 1.72. The summed E-state index contributed by atoms with van der Waals surface area (Å²) >= 11 is 2.96. The number of benzene rings is 1. The molecule has 1 aliphatic heterocycles. The van der Waals surface area contributed by atoms with Crippen LogP contribution in [-0.2, 0) is 6.18 Å². The Balaban J connectivity index is 2.53. The first-order chi connectivity index (χ1) is 7.39. The predicted octanol–water partition coefficient (Wildman–Crippen LogP) is 3.33. The highest BCUT2D eigenvalue weighted by molar-refractivity contribution is 9.10. The van der Waals surface area contributed by atoms with Gasteiger partial charge in [0.05, 0.1) is 16.9 Å². The molecule has 1 aromatic carbocycles. The van der Waals surface area contributed by atoms with Crippen molar-refractivity contribution in [2.75, 3.05) is 30.4 Å². The average molecular weight is 295 g/mol. The maximum Gasteiger partial charge on any atom is 0.417 e. The highest BCUT2D eigenvalue weighted by Gasteiger charge is 2.34. The number of hydrogen-bond acceptors (Lipinski definition) is 2. The molecule has 0 radical (unpaired) electrons. The van der Waals surface area contributed by atoms with Gasteiger partial charge in [0.1, 0.15) is 0 Å². The van der Waals surface area contributed by atoms with Crippen LogP contribution in [0.1, 0.15) is 5.56 Å². The topological polar surface area (TPSA) is 15.3 Å². The van der Waals surface area contributed by atoms with Gasteiger partial charge >= 0.3 is 6.18 Å². The van der Waals surface area contributed by atoms with E-state index in [9.17, 15) is 13.2 Å². The Kier molecular flexibility index (Phi) is 2.77. The van der Waals surface area contributed by atoms with E-state index in [2.05, 4.69) is 21.2 Å². The molecule has 0 unspecified atom stereocenters. The van der Waals surface area contributed by atoms with Crippen molar-refractivity contribution < 1.29 is 13.2 Å². The van der Waals surface area contributed by atoms with E-state index in [4.69, 9.17) is 0 Å². The van der Waals surface area contributed by atoms with Crippen LogP contribution in [0.3, 0.4) is 0 Å². The van der Waals surface area contributed by atoms with Gasteiger partial charge in [-0.3, -0.25) is 0 Å². The fraction of sp³-hybridized carbons (Fsp3) is 0.400. The highest BCUT2D eigenvalue weighted by Crippen LogP contribution is 2.41. The normalized spacial score (nSPS) is 15.7. The van der Waals surface area contributed by atoms with Crippen LogP contribution in [0, 0.1) is 0 Å². The number of alkyl halides is 3. The summed E-state index contributed by atoms with van der Waals surface area (Å²) in [6, 6.07) is 2.65. The van der Waals surface area contributed by atoms with Crippen molar-refractivity contribution in [3.05, 3.63) is 22.2 Å². The number of nitrogens with zero attached hydrogens (tertiary/aromatic N) is 1. The Morgan fingerprint density at radius 2 is 2.06 bits per heavy atom. The van der Waals surface area contributed by atoms with Gasteiger partial charge < -0.3 is 10.2 Å². The molecule has 0 fully saturated rings. The number of anilines is 2. The van der Waals surface area contributed by atoms with Gasteiger partial charge in [-0.1, -0.05) is 15.9 Å². The summed E-state index contributed by atoms with van der Waals surface area (Å²) in [7, 11) is 1.86. The van der Waals surface area contributed by atoms with Gasteiger partial charge in [0.15, 0.2) is 0 Å². The largest absolute Gasteiger partial charge is 0.417 e. The minimum absolute atomic E-state index is 0.0781. The first kappa shape index (κ1) is 11.6. The van der Waals surface area contributed by atoms with Crippen molar-refractivity contribution in [2.24, 2.45) is 0 Å². The standard InChI is InChI=1S/C10H10BrF3N2/c1-16-3-2-15-8-4-6(10(12,13)14)7(11)5-9(8)16/h4-5,15H,2-3H2,1H3. The van der Waals surface area contributed by atoms with Crippen molar-refractivity contribution in [1.82, 2.24) is 0 Å². The van der Waals surface area contributed by atoms with Crippen LogP contribution in [0.4, 0.5) is 24.5 Å². The molecular weight excluding hydrogens is 285 g/mol. The zero-order valence-electron chi connectivity index (χ0n) is 8.53. The van der Waals surface area contributed by atoms with Gasteiger partial charge in [-0.05, 0) is 12.1 Å². The summed E-state index contributed by atoms with van der Waals surface area (Å²) in [5.41, 5.74) is 0.671. The molecule has 1 aliphatic rings. The van der Waals surface area contributed by atoms with Gasteiger partial charge in [-0.2, -0.15) is 13.2 Å². The average Bonchev–Trinajstić information content (AvgIpc) is 2.17. The molecule has 0 saturated heterocycles. The first-order valence-electron chi connectivity index (χ1n) is 4.75. The van der Waals surface area contributed by atoms with Crippen LogP contribution in [-0.4, -0.2) is 20.1 Å². The van der Waals surface area contributed by atoms with E-state index in [1.807, 2.05) is 11.9 Å². The molecule has 0 aliphatic carbocycles. The Hall–Kier alpha value is -0.910.